The maximum absolute atomic E-state index is 3.41. The summed E-state index contributed by atoms with van der Waals surface area (Å²) < 4.78 is 6.56. The van der Waals surface area contributed by atoms with E-state index in [-0.39, 0.29) is 0 Å². The van der Waals surface area contributed by atoms with Gasteiger partial charge in [0.05, 0.1) is 0 Å². The van der Waals surface area contributed by atoms with Gasteiger partial charge < -0.3 is 0 Å². The standard InChI is InChI=1S/C15H22S2Se2Te/c18-14(5-12-7-16-12)3-10-1-2-20-9-11(10)4-15(19)6-13-8-17-13/h10-13H,1-9H2. The normalized spacial score (nSPS) is 35.6. The van der Waals surface area contributed by atoms with Crippen molar-refractivity contribution in [3.05, 3.63) is 0 Å². The molecule has 0 saturated carbocycles. The van der Waals surface area contributed by atoms with E-state index in [2.05, 4.69) is 54.7 Å². The third-order valence-corrected chi connectivity index (χ3v) is 11.1. The Morgan fingerprint density at radius 1 is 0.900 bits per heavy atom. The summed E-state index contributed by atoms with van der Waals surface area (Å²) in [5, 5.41) is 1.94. The molecule has 4 unspecified atom stereocenters. The van der Waals surface area contributed by atoms with Crippen LogP contribution in [-0.4, -0.2) is 82.9 Å². The molecule has 0 N–H and O–H groups in total. The Hall–Kier alpha value is 2.27. The van der Waals surface area contributed by atoms with Crippen molar-refractivity contribution in [1.29, 1.82) is 0 Å². The SMILES string of the molecule is [Se]=C(CC1CS1)CC1CC[Te]CC1CC(=[Se])CC1CS1. The van der Waals surface area contributed by atoms with Crippen molar-refractivity contribution >= 4 is 84.4 Å². The molecule has 3 fully saturated rings. The molecule has 0 spiro atoms. The first kappa shape index (κ1) is 17.1. The summed E-state index contributed by atoms with van der Waals surface area (Å²) in [5.41, 5.74) is 0. The van der Waals surface area contributed by atoms with E-state index in [4.69, 9.17) is 0 Å². The Bertz CT molecular complexity index is 344. The van der Waals surface area contributed by atoms with Gasteiger partial charge in [-0.2, -0.15) is 0 Å². The molecule has 4 atom stereocenters. The summed E-state index contributed by atoms with van der Waals surface area (Å²) >= 11 is 11.4. The molecule has 112 valence electrons. The minimum atomic E-state index is 0.352. The van der Waals surface area contributed by atoms with Gasteiger partial charge in [0.25, 0.3) is 0 Å². The number of hydrogen-bond donors (Lipinski definition) is 0. The predicted octanol–water partition coefficient (Wildman–Crippen LogP) is 2.64. The molecule has 0 bridgehead atoms. The number of hydrogen-bond acceptors (Lipinski definition) is 2. The van der Waals surface area contributed by atoms with Gasteiger partial charge in [0.2, 0.25) is 0 Å². The van der Waals surface area contributed by atoms with Gasteiger partial charge in [0, 0.05) is 0 Å². The van der Waals surface area contributed by atoms with Crippen molar-refractivity contribution in [3.8, 4) is 0 Å². The summed E-state index contributed by atoms with van der Waals surface area (Å²) in [7, 11) is 0. The number of rotatable bonds is 8. The van der Waals surface area contributed by atoms with Crippen LogP contribution in [0.5, 0.6) is 0 Å². The molecule has 3 saturated heterocycles. The van der Waals surface area contributed by atoms with E-state index >= 15 is 0 Å². The van der Waals surface area contributed by atoms with Crippen LogP contribution in [0.3, 0.4) is 0 Å². The molecular formula is C15H22S2Se2Te. The van der Waals surface area contributed by atoms with Crippen LogP contribution in [-0.2, 0) is 0 Å². The fraction of sp³-hybridized carbons (Fsp3) is 0.867. The van der Waals surface area contributed by atoms with E-state index in [1.54, 1.807) is 17.8 Å². The minimum absolute atomic E-state index is 0.352. The summed E-state index contributed by atoms with van der Waals surface area (Å²) in [4.78, 5) is 0. The van der Waals surface area contributed by atoms with Crippen LogP contribution in [0.4, 0.5) is 0 Å². The molecule has 3 heterocycles. The summed E-state index contributed by atoms with van der Waals surface area (Å²) in [5.74, 6) is 4.83. The van der Waals surface area contributed by atoms with Gasteiger partial charge in [-0.25, -0.2) is 0 Å². The number of thioether (sulfide) groups is 2. The van der Waals surface area contributed by atoms with Crippen LogP contribution in [0.15, 0.2) is 0 Å². The molecule has 20 heavy (non-hydrogen) atoms. The van der Waals surface area contributed by atoms with Gasteiger partial charge in [-0.1, -0.05) is 0 Å². The third kappa shape index (κ3) is 6.05. The molecule has 3 aliphatic rings. The van der Waals surface area contributed by atoms with Crippen LogP contribution in [0.2, 0.25) is 8.94 Å². The van der Waals surface area contributed by atoms with Gasteiger partial charge in [0.1, 0.15) is 0 Å². The second kappa shape index (κ2) is 8.39. The fourth-order valence-corrected chi connectivity index (χ4v) is 10.1. The second-order valence-corrected chi connectivity index (χ2v) is 14.6. The van der Waals surface area contributed by atoms with Crippen molar-refractivity contribution in [2.24, 2.45) is 11.8 Å². The van der Waals surface area contributed by atoms with Crippen LogP contribution < -0.4 is 0 Å². The van der Waals surface area contributed by atoms with E-state index in [9.17, 15) is 0 Å². The Kier molecular flexibility index (Phi) is 7.18. The van der Waals surface area contributed by atoms with Gasteiger partial charge >= 0.3 is 159 Å². The zero-order valence-corrected chi connectivity index (χ0v) is 19.1. The Morgan fingerprint density at radius 3 is 2.00 bits per heavy atom. The molecule has 0 aromatic rings. The van der Waals surface area contributed by atoms with Crippen molar-refractivity contribution in [1.82, 2.24) is 0 Å². The van der Waals surface area contributed by atoms with Gasteiger partial charge in [-0.15, -0.1) is 0 Å². The zero-order chi connectivity index (χ0) is 13.9. The Labute approximate surface area is 157 Å². The van der Waals surface area contributed by atoms with Crippen LogP contribution in [0.1, 0.15) is 32.1 Å². The van der Waals surface area contributed by atoms with Crippen molar-refractivity contribution < 1.29 is 0 Å². The van der Waals surface area contributed by atoms with Gasteiger partial charge in [0.15, 0.2) is 0 Å². The van der Waals surface area contributed by atoms with Crippen LogP contribution >= 0.6 is 23.5 Å². The van der Waals surface area contributed by atoms with E-state index in [1.807, 2.05) is 0 Å². The predicted molar refractivity (Wildman–Crippen MR) is 99.4 cm³/mol. The molecule has 0 nitrogen and oxygen atoms in total. The molecule has 0 aliphatic carbocycles. The van der Waals surface area contributed by atoms with Crippen molar-refractivity contribution in [2.45, 2.75) is 51.5 Å². The molecule has 0 aromatic heterocycles. The first-order chi connectivity index (χ1) is 9.70. The topological polar surface area (TPSA) is 0 Å². The third-order valence-electron chi connectivity index (χ3n) is 4.33. The second-order valence-electron chi connectivity index (χ2n) is 6.19. The zero-order valence-electron chi connectivity index (χ0n) is 11.7. The average Bonchev–Trinajstić information content (AvgIpc) is 3.28. The molecule has 3 rings (SSSR count). The van der Waals surface area contributed by atoms with Crippen molar-refractivity contribution in [3.63, 3.8) is 0 Å². The van der Waals surface area contributed by atoms with Crippen LogP contribution in [0.25, 0.3) is 0 Å². The molecule has 5 heteroatoms. The summed E-state index contributed by atoms with van der Waals surface area (Å²) in [6, 6.07) is 0. The van der Waals surface area contributed by atoms with E-state index in [0.717, 1.165) is 22.3 Å². The van der Waals surface area contributed by atoms with E-state index < -0.39 is 0 Å². The summed E-state index contributed by atoms with van der Waals surface area (Å²) in [6.07, 6.45) is 7.04. The molecule has 0 aromatic carbocycles. The quantitative estimate of drug-likeness (QED) is 0.336. The van der Waals surface area contributed by atoms with Gasteiger partial charge in [-0.3, -0.25) is 0 Å². The van der Waals surface area contributed by atoms with E-state index in [0.29, 0.717) is 20.9 Å². The average molecular weight is 552 g/mol. The molecule has 0 amide bonds. The first-order valence-corrected chi connectivity index (χ1v) is 14.7. The van der Waals surface area contributed by atoms with E-state index in [1.165, 1.54) is 43.6 Å². The van der Waals surface area contributed by atoms with Gasteiger partial charge in [-0.05, 0) is 0 Å². The Balaban J connectivity index is 1.46. The van der Waals surface area contributed by atoms with Crippen molar-refractivity contribution in [2.75, 3.05) is 11.5 Å². The molecule has 0 radical (unpaired) electrons. The molecular weight excluding hydrogens is 530 g/mol. The van der Waals surface area contributed by atoms with Crippen LogP contribution in [0, 0.1) is 11.8 Å². The monoisotopic (exact) mass is 556 g/mol. The fourth-order valence-electron chi connectivity index (χ4n) is 2.97. The molecule has 3 aliphatic heterocycles. The Morgan fingerprint density at radius 2 is 1.45 bits per heavy atom. The summed E-state index contributed by atoms with van der Waals surface area (Å²) in [6.45, 7) is 0. The maximum atomic E-state index is 3.41. The first-order valence-electron chi connectivity index (χ1n) is 7.55.